The molecule has 0 aliphatic carbocycles. The molecule has 1 heterocycles. The van der Waals surface area contributed by atoms with E-state index in [1.54, 1.807) is 7.11 Å². The van der Waals surface area contributed by atoms with Gasteiger partial charge >= 0.3 is 0 Å². The summed E-state index contributed by atoms with van der Waals surface area (Å²) in [4.78, 5) is 13.1. The van der Waals surface area contributed by atoms with E-state index in [0.29, 0.717) is 32.6 Å². The average Bonchev–Trinajstić information content (AvgIpc) is 2.70. The Labute approximate surface area is 149 Å². The Morgan fingerprint density at radius 2 is 1.68 bits per heavy atom. The first-order chi connectivity index (χ1) is 12.3. The van der Waals surface area contributed by atoms with Gasteiger partial charge in [-0.3, -0.25) is 4.79 Å². The molecule has 4 nitrogen and oxygen atoms in total. The maximum Gasteiger partial charge on any atom is 0.230 e. The van der Waals surface area contributed by atoms with Crippen LogP contribution in [0.4, 0.5) is 0 Å². The van der Waals surface area contributed by atoms with Crippen LogP contribution in [0, 0.1) is 0 Å². The van der Waals surface area contributed by atoms with Crippen molar-refractivity contribution >= 4 is 5.91 Å². The summed E-state index contributed by atoms with van der Waals surface area (Å²) in [6.07, 6.45) is 1.25. The highest BCUT2D eigenvalue weighted by Crippen LogP contribution is 2.35. The molecule has 0 saturated carbocycles. The number of carbonyl (C=O) groups is 1. The minimum absolute atomic E-state index is 0.0555. The second-order valence-electron chi connectivity index (χ2n) is 6.41. The first-order valence-corrected chi connectivity index (χ1v) is 8.75. The van der Waals surface area contributed by atoms with Crippen molar-refractivity contribution in [2.75, 3.05) is 26.9 Å². The van der Waals surface area contributed by atoms with Gasteiger partial charge in [-0.1, -0.05) is 60.7 Å². The highest BCUT2D eigenvalue weighted by Gasteiger charge is 2.41. The van der Waals surface area contributed by atoms with E-state index in [1.165, 1.54) is 0 Å². The van der Waals surface area contributed by atoms with Gasteiger partial charge in [0.1, 0.15) is 0 Å². The zero-order chi connectivity index (χ0) is 17.5. The van der Waals surface area contributed by atoms with Crippen LogP contribution in [0.25, 0.3) is 0 Å². The molecule has 0 spiro atoms. The van der Waals surface area contributed by atoms with E-state index in [1.807, 2.05) is 60.7 Å². The molecule has 1 N–H and O–H groups in total. The van der Waals surface area contributed by atoms with Crippen molar-refractivity contribution in [2.45, 2.75) is 24.4 Å². The van der Waals surface area contributed by atoms with Crippen molar-refractivity contribution in [3.05, 3.63) is 71.8 Å². The molecule has 1 amide bonds. The van der Waals surface area contributed by atoms with Crippen molar-refractivity contribution in [1.29, 1.82) is 0 Å². The second-order valence-corrected chi connectivity index (χ2v) is 6.41. The molecule has 1 atom stereocenters. The maximum atomic E-state index is 13.1. The molecule has 2 aromatic carbocycles. The van der Waals surface area contributed by atoms with E-state index in [0.717, 1.165) is 11.1 Å². The van der Waals surface area contributed by atoms with Crippen LogP contribution in [0.1, 0.15) is 30.1 Å². The third-order valence-electron chi connectivity index (χ3n) is 5.01. The van der Waals surface area contributed by atoms with Crippen LogP contribution in [-0.2, 0) is 19.7 Å². The molecular formula is C21H25NO3. The Morgan fingerprint density at radius 3 is 2.28 bits per heavy atom. The van der Waals surface area contributed by atoms with E-state index in [4.69, 9.17) is 9.47 Å². The molecule has 1 saturated heterocycles. The van der Waals surface area contributed by atoms with E-state index in [2.05, 4.69) is 5.32 Å². The summed E-state index contributed by atoms with van der Waals surface area (Å²) in [6, 6.07) is 20.0. The topological polar surface area (TPSA) is 47.6 Å². The van der Waals surface area contributed by atoms with Crippen molar-refractivity contribution in [1.82, 2.24) is 5.32 Å². The van der Waals surface area contributed by atoms with Gasteiger partial charge in [0, 0.05) is 26.9 Å². The molecule has 0 radical (unpaired) electrons. The van der Waals surface area contributed by atoms with Crippen LogP contribution in [0.15, 0.2) is 60.7 Å². The Hall–Kier alpha value is -2.17. The van der Waals surface area contributed by atoms with E-state index in [-0.39, 0.29) is 12.0 Å². The van der Waals surface area contributed by atoms with Gasteiger partial charge in [0.15, 0.2) is 0 Å². The van der Waals surface area contributed by atoms with E-state index in [9.17, 15) is 4.79 Å². The molecule has 1 aliphatic rings. The van der Waals surface area contributed by atoms with E-state index >= 15 is 0 Å². The summed E-state index contributed by atoms with van der Waals surface area (Å²) in [6.45, 7) is 1.66. The van der Waals surface area contributed by atoms with E-state index < -0.39 is 5.41 Å². The van der Waals surface area contributed by atoms with Crippen molar-refractivity contribution in [3.8, 4) is 0 Å². The predicted octanol–water partition coefficient (Wildman–Crippen LogP) is 3.24. The lowest BCUT2D eigenvalue weighted by atomic mass is 9.73. The first-order valence-electron chi connectivity index (χ1n) is 8.75. The van der Waals surface area contributed by atoms with Crippen LogP contribution in [-0.4, -0.2) is 32.8 Å². The van der Waals surface area contributed by atoms with Gasteiger partial charge < -0.3 is 14.8 Å². The van der Waals surface area contributed by atoms with Gasteiger partial charge in [0.05, 0.1) is 11.5 Å². The molecular weight excluding hydrogens is 314 g/mol. The van der Waals surface area contributed by atoms with Crippen molar-refractivity contribution in [2.24, 2.45) is 0 Å². The van der Waals surface area contributed by atoms with Crippen LogP contribution < -0.4 is 5.32 Å². The number of nitrogens with one attached hydrogen (secondary N) is 1. The zero-order valence-corrected chi connectivity index (χ0v) is 14.6. The minimum atomic E-state index is -0.519. The van der Waals surface area contributed by atoms with Gasteiger partial charge in [-0.05, 0) is 24.0 Å². The van der Waals surface area contributed by atoms with Crippen LogP contribution in [0.5, 0.6) is 0 Å². The summed E-state index contributed by atoms with van der Waals surface area (Å²) in [7, 11) is 1.67. The molecule has 0 aromatic heterocycles. The quantitative estimate of drug-likeness (QED) is 0.879. The summed E-state index contributed by atoms with van der Waals surface area (Å²) in [5.41, 5.74) is 1.60. The Bertz CT molecular complexity index is 666. The van der Waals surface area contributed by atoms with Gasteiger partial charge in [-0.15, -0.1) is 0 Å². The number of ether oxygens (including phenoxy) is 2. The molecule has 2 aromatic rings. The van der Waals surface area contributed by atoms with Gasteiger partial charge in [0.2, 0.25) is 5.91 Å². The third kappa shape index (κ3) is 3.91. The van der Waals surface area contributed by atoms with Gasteiger partial charge in [0.25, 0.3) is 0 Å². The first kappa shape index (κ1) is 17.6. The van der Waals surface area contributed by atoms with Gasteiger partial charge in [-0.25, -0.2) is 0 Å². The fraction of sp³-hybridized carbons (Fsp3) is 0.381. The van der Waals surface area contributed by atoms with Crippen LogP contribution in [0.2, 0.25) is 0 Å². The summed E-state index contributed by atoms with van der Waals surface area (Å²) in [5.74, 6) is 0.0555. The lowest BCUT2D eigenvalue weighted by molar-refractivity contribution is -0.131. The monoisotopic (exact) mass is 339 g/mol. The normalized spacial score (nSPS) is 17.6. The van der Waals surface area contributed by atoms with Crippen LogP contribution in [0.3, 0.4) is 0 Å². The smallest absolute Gasteiger partial charge is 0.230 e. The zero-order valence-electron chi connectivity index (χ0n) is 14.6. The molecule has 25 heavy (non-hydrogen) atoms. The Balaban J connectivity index is 1.75. The SMILES string of the molecule is CO[C@@H](CNC(=O)C1(c2ccccc2)CCOCC1)c1ccccc1. The molecule has 0 bridgehead atoms. The minimum Gasteiger partial charge on any atom is -0.381 e. The molecule has 132 valence electrons. The fourth-order valence-electron chi connectivity index (χ4n) is 3.48. The lowest BCUT2D eigenvalue weighted by Crippen LogP contribution is -2.49. The number of hydrogen-bond acceptors (Lipinski definition) is 3. The average molecular weight is 339 g/mol. The van der Waals surface area contributed by atoms with Crippen molar-refractivity contribution in [3.63, 3.8) is 0 Å². The lowest BCUT2D eigenvalue weighted by Gasteiger charge is -2.36. The number of carbonyl (C=O) groups excluding carboxylic acids is 1. The number of hydrogen-bond donors (Lipinski definition) is 1. The third-order valence-corrected chi connectivity index (χ3v) is 5.01. The summed E-state index contributed by atoms with van der Waals surface area (Å²) < 4.78 is 11.1. The second kappa shape index (κ2) is 8.28. The number of benzene rings is 2. The number of rotatable bonds is 6. The predicted molar refractivity (Wildman–Crippen MR) is 97.4 cm³/mol. The standard InChI is InChI=1S/C21H25NO3/c1-24-19(17-8-4-2-5-9-17)16-22-20(23)21(12-14-25-15-13-21)18-10-6-3-7-11-18/h2-11,19H,12-16H2,1H3,(H,22,23)/t19-/m0/s1. The number of amides is 1. The molecule has 3 rings (SSSR count). The Morgan fingerprint density at radius 1 is 1.08 bits per heavy atom. The highest BCUT2D eigenvalue weighted by molar-refractivity contribution is 5.88. The summed E-state index contributed by atoms with van der Waals surface area (Å²) >= 11 is 0. The fourth-order valence-corrected chi connectivity index (χ4v) is 3.48. The maximum absolute atomic E-state index is 13.1. The molecule has 1 aliphatic heterocycles. The Kier molecular flexibility index (Phi) is 5.84. The van der Waals surface area contributed by atoms with Crippen molar-refractivity contribution < 1.29 is 14.3 Å². The largest absolute Gasteiger partial charge is 0.381 e. The number of methoxy groups -OCH3 is 1. The van der Waals surface area contributed by atoms with Crippen LogP contribution >= 0.6 is 0 Å². The highest BCUT2D eigenvalue weighted by atomic mass is 16.5. The van der Waals surface area contributed by atoms with Gasteiger partial charge in [-0.2, -0.15) is 0 Å². The summed E-state index contributed by atoms with van der Waals surface area (Å²) in [5, 5.41) is 3.12. The molecule has 1 fully saturated rings. The molecule has 0 unspecified atom stereocenters. The molecule has 4 heteroatoms.